The molecule has 0 bridgehead atoms. The summed E-state index contributed by atoms with van der Waals surface area (Å²) in [7, 11) is 0. The molecule has 1 N–H and O–H groups in total. The molecule has 0 unspecified atom stereocenters. The van der Waals surface area contributed by atoms with Gasteiger partial charge in [0.05, 0.1) is 0 Å². The number of nitrogens with one attached hydrogen (secondary N) is 1. The zero-order valence-electron chi connectivity index (χ0n) is 14.1. The van der Waals surface area contributed by atoms with Gasteiger partial charge in [-0.25, -0.2) is 9.18 Å². The van der Waals surface area contributed by atoms with Crippen molar-refractivity contribution in [2.24, 2.45) is 11.8 Å². The zero-order chi connectivity index (χ0) is 17.5. The quantitative estimate of drug-likeness (QED) is 0.811. The lowest BCUT2D eigenvalue weighted by Crippen LogP contribution is -2.45. The van der Waals surface area contributed by atoms with Gasteiger partial charge >= 0.3 is 5.97 Å². The molecule has 3 atom stereocenters. The Morgan fingerprint density at radius 2 is 2.04 bits per heavy atom. The summed E-state index contributed by atoms with van der Waals surface area (Å²) >= 11 is 0. The van der Waals surface area contributed by atoms with Gasteiger partial charge in [0.25, 0.3) is 5.91 Å². The normalized spacial score (nSPS) is 23.4. The number of hydrogen-bond donors (Lipinski definition) is 1. The molecule has 1 aromatic rings. The third-order valence-corrected chi connectivity index (χ3v) is 4.57. The van der Waals surface area contributed by atoms with Gasteiger partial charge in [-0.05, 0) is 30.4 Å². The van der Waals surface area contributed by atoms with E-state index in [9.17, 15) is 14.0 Å². The molecule has 2 rings (SSSR count). The standard InChI is InChI=1S/C18H24FNO4/c1-12-5-3-8-16(13(12)2)20-17(21)10-24-18(22)11-23-15-7-4-6-14(19)9-15/h4,6-7,9,12-13,16H,3,5,8,10-11H2,1-2H3,(H,20,21)/t12-,13+,16+/m1/s1. The lowest BCUT2D eigenvalue weighted by Gasteiger charge is -2.34. The second kappa shape index (κ2) is 8.66. The zero-order valence-corrected chi connectivity index (χ0v) is 14.1. The van der Waals surface area contributed by atoms with Crippen LogP contribution in [0.25, 0.3) is 0 Å². The van der Waals surface area contributed by atoms with Crippen LogP contribution < -0.4 is 10.1 Å². The number of carbonyl (C=O) groups excluding carboxylic acids is 2. The Kier molecular flexibility index (Phi) is 6.58. The lowest BCUT2D eigenvalue weighted by molar-refractivity contribution is -0.150. The number of amides is 1. The maximum Gasteiger partial charge on any atom is 0.344 e. The van der Waals surface area contributed by atoms with Crippen molar-refractivity contribution in [2.45, 2.75) is 39.2 Å². The van der Waals surface area contributed by atoms with Crippen LogP contribution in [0, 0.1) is 17.7 Å². The topological polar surface area (TPSA) is 64.6 Å². The van der Waals surface area contributed by atoms with Crippen molar-refractivity contribution in [2.75, 3.05) is 13.2 Å². The van der Waals surface area contributed by atoms with E-state index in [0.717, 1.165) is 12.8 Å². The van der Waals surface area contributed by atoms with E-state index < -0.39 is 11.8 Å². The number of esters is 1. The molecule has 6 heteroatoms. The average Bonchev–Trinajstić information content (AvgIpc) is 2.55. The first-order chi connectivity index (χ1) is 11.5. The van der Waals surface area contributed by atoms with Crippen molar-refractivity contribution in [3.05, 3.63) is 30.1 Å². The summed E-state index contributed by atoms with van der Waals surface area (Å²) in [6.45, 7) is 3.62. The third kappa shape index (κ3) is 5.51. The Morgan fingerprint density at radius 1 is 1.25 bits per heavy atom. The van der Waals surface area contributed by atoms with E-state index in [0.29, 0.717) is 11.8 Å². The molecular formula is C18H24FNO4. The van der Waals surface area contributed by atoms with E-state index in [2.05, 4.69) is 19.2 Å². The van der Waals surface area contributed by atoms with Crippen molar-refractivity contribution < 1.29 is 23.5 Å². The van der Waals surface area contributed by atoms with Crippen molar-refractivity contribution in [1.29, 1.82) is 0 Å². The van der Waals surface area contributed by atoms with Crippen LogP contribution >= 0.6 is 0 Å². The molecule has 0 radical (unpaired) electrons. The van der Waals surface area contributed by atoms with Gasteiger partial charge in [0.2, 0.25) is 0 Å². The van der Waals surface area contributed by atoms with Gasteiger partial charge in [-0.3, -0.25) is 4.79 Å². The maximum absolute atomic E-state index is 13.0. The van der Waals surface area contributed by atoms with Gasteiger partial charge in [0, 0.05) is 12.1 Å². The number of halogens is 1. The number of carbonyl (C=O) groups is 2. The van der Waals surface area contributed by atoms with Crippen LogP contribution in [0.1, 0.15) is 33.1 Å². The highest BCUT2D eigenvalue weighted by molar-refractivity contribution is 5.81. The van der Waals surface area contributed by atoms with Gasteiger partial charge in [-0.1, -0.05) is 32.8 Å². The Balaban J connectivity index is 1.68. The van der Waals surface area contributed by atoms with E-state index in [-0.39, 0.29) is 30.9 Å². The predicted octanol–water partition coefficient (Wildman–Crippen LogP) is 2.69. The largest absolute Gasteiger partial charge is 0.482 e. The average molecular weight is 337 g/mol. The van der Waals surface area contributed by atoms with Crippen LogP contribution in [0.3, 0.4) is 0 Å². The van der Waals surface area contributed by atoms with Gasteiger partial charge in [0.15, 0.2) is 13.2 Å². The molecule has 132 valence electrons. The third-order valence-electron chi connectivity index (χ3n) is 4.57. The summed E-state index contributed by atoms with van der Waals surface area (Å²) in [5.41, 5.74) is 0. The molecule has 0 heterocycles. The Hall–Kier alpha value is -2.11. The first-order valence-electron chi connectivity index (χ1n) is 8.29. The molecule has 24 heavy (non-hydrogen) atoms. The minimum atomic E-state index is -0.667. The molecular weight excluding hydrogens is 313 g/mol. The molecule has 0 aromatic heterocycles. The second-order valence-electron chi connectivity index (χ2n) is 6.35. The molecule has 0 saturated heterocycles. The molecule has 1 fully saturated rings. The number of ether oxygens (including phenoxy) is 2. The van der Waals surface area contributed by atoms with Crippen LogP contribution in [0.5, 0.6) is 5.75 Å². The highest BCUT2D eigenvalue weighted by Gasteiger charge is 2.28. The van der Waals surface area contributed by atoms with Crippen LogP contribution in [0.4, 0.5) is 4.39 Å². The van der Waals surface area contributed by atoms with E-state index in [1.165, 1.54) is 30.7 Å². The number of rotatable bonds is 6. The molecule has 0 spiro atoms. The van der Waals surface area contributed by atoms with Crippen LogP contribution in [-0.4, -0.2) is 31.1 Å². The summed E-state index contributed by atoms with van der Waals surface area (Å²) in [5, 5.41) is 2.93. The minimum absolute atomic E-state index is 0.128. The van der Waals surface area contributed by atoms with Crippen molar-refractivity contribution in [3.8, 4) is 5.75 Å². The SMILES string of the molecule is C[C@H]1[C@H](C)CCC[C@@H]1NC(=O)COC(=O)COc1cccc(F)c1. The summed E-state index contributed by atoms with van der Waals surface area (Å²) in [6, 6.07) is 5.60. The second-order valence-corrected chi connectivity index (χ2v) is 6.35. The number of hydrogen-bond acceptors (Lipinski definition) is 4. The van der Waals surface area contributed by atoms with Crippen molar-refractivity contribution in [1.82, 2.24) is 5.32 Å². The highest BCUT2D eigenvalue weighted by atomic mass is 19.1. The molecule has 5 nitrogen and oxygen atoms in total. The Morgan fingerprint density at radius 3 is 2.79 bits per heavy atom. The summed E-state index contributed by atoms with van der Waals surface area (Å²) in [5.74, 6) is -0.196. The fraction of sp³-hybridized carbons (Fsp3) is 0.556. The smallest absolute Gasteiger partial charge is 0.344 e. The van der Waals surface area contributed by atoms with Gasteiger partial charge in [0.1, 0.15) is 11.6 Å². The first-order valence-corrected chi connectivity index (χ1v) is 8.29. The summed E-state index contributed by atoms with van der Waals surface area (Å²) in [6.07, 6.45) is 3.23. The van der Waals surface area contributed by atoms with Gasteiger partial charge in [-0.15, -0.1) is 0 Å². The Labute approximate surface area is 141 Å². The van der Waals surface area contributed by atoms with E-state index in [4.69, 9.17) is 9.47 Å². The maximum atomic E-state index is 13.0. The number of benzene rings is 1. The van der Waals surface area contributed by atoms with E-state index in [1.54, 1.807) is 0 Å². The van der Waals surface area contributed by atoms with Crippen LogP contribution in [0.2, 0.25) is 0 Å². The highest BCUT2D eigenvalue weighted by Crippen LogP contribution is 2.29. The van der Waals surface area contributed by atoms with Gasteiger partial charge < -0.3 is 14.8 Å². The summed E-state index contributed by atoms with van der Waals surface area (Å²) < 4.78 is 23.0. The van der Waals surface area contributed by atoms with Crippen LogP contribution in [-0.2, 0) is 14.3 Å². The molecule has 0 aliphatic heterocycles. The molecule has 1 saturated carbocycles. The predicted molar refractivity (Wildman–Crippen MR) is 87.0 cm³/mol. The van der Waals surface area contributed by atoms with Crippen molar-refractivity contribution in [3.63, 3.8) is 0 Å². The van der Waals surface area contributed by atoms with E-state index >= 15 is 0 Å². The molecule has 1 amide bonds. The fourth-order valence-electron chi connectivity index (χ4n) is 2.92. The van der Waals surface area contributed by atoms with Crippen molar-refractivity contribution >= 4 is 11.9 Å². The molecule has 1 aliphatic rings. The van der Waals surface area contributed by atoms with Gasteiger partial charge in [-0.2, -0.15) is 0 Å². The monoisotopic (exact) mass is 337 g/mol. The molecule has 1 aliphatic carbocycles. The minimum Gasteiger partial charge on any atom is -0.482 e. The summed E-state index contributed by atoms with van der Waals surface area (Å²) in [4.78, 5) is 23.5. The first kappa shape index (κ1) is 18.2. The van der Waals surface area contributed by atoms with Crippen LogP contribution in [0.15, 0.2) is 24.3 Å². The molecule has 1 aromatic carbocycles. The fourth-order valence-corrected chi connectivity index (χ4v) is 2.92. The Bertz CT molecular complexity index is 578. The van der Waals surface area contributed by atoms with E-state index in [1.807, 2.05) is 0 Å². The lowest BCUT2D eigenvalue weighted by atomic mass is 9.78.